The number of carbonyl (C=O) groups excluding carboxylic acids is 2. The van der Waals surface area contributed by atoms with Gasteiger partial charge in [0.15, 0.2) is 5.69 Å². The molecule has 3 rings (SSSR count). The first-order chi connectivity index (χ1) is 14.5. The molecule has 1 aromatic carbocycles. The van der Waals surface area contributed by atoms with Gasteiger partial charge in [-0.25, -0.2) is 14.2 Å². The lowest BCUT2D eigenvalue weighted by Crippen LogP contribution is -2.58. The molecule has 1 aliphatic rings. The van der Waals surface area contributed by atoms with Crippen molar-refractivity contribution in [3.8, 4) is 0 Å². The van der Waals surface area contributed by atoms with E-state index < -0.39 is 40.8 Å². The van der Waals surface area contributed by atoms with Crippen molar-refractivity contribution in [2.45, 2.75) is 25.2 Å². The van der Waals surface area contributed by atoms with E-state index in [9.17, 15) is 27.2 Å². The Labute approximate surface area is 184 Å². The van der Waals surface area contributed by atoms with Crippen LogP contribution in [0.25, 0.3) is 0 Å². The molecule has 1 saturated heterocycles. The van der Waals surface area contributed by atoms with E-state index in [1.807, 2.05) is 0 Å². The molecule has 0 radical (unpaired) electrons. The topological polar surface area (TPSA) is 74.3 Å². The van der Waals surface area contributed by atoms with Crippen LogP contribution in [0.1, 0.15) is 29.8 Å². The molecule has 2 heterocycles. The van der Waals surface area contributed by atoms with E-state index in [0.717, 1.165) is 18.3 Å². The summed E-state index contributed by atoms with van der Waals surface area (Å²) < 4.78 is 52.7. The number of pyridine rings is 1. The number of hydrogen-bond donors (Lipinski definition) is 2. The van der Waals surface area contributed by atoms with Crippen LogP contribution in [-0.2, 0) is 11.0 Å². The van der Waals surface area contributed by atoms with E-state index >= 15 is 0 Å². The standard InChI is InChI=1S/C19H16Cl2F4N4O2/c1-9-17(30)26-4-5-29(9)18(31)28-15(10-2-3-14(22)12(20)6-10)11-7-13(21)16(27-8-11)19(23,24)25/h2-3,6-9,15H,4-5H2,1H3,(H,26,30)(H,28,31)/t9-,15+/m1/s1. The fourth-order valence-corrected chi connectivity index (χ4v) is 3.61. The van der Waals surface area contributed by atoms with Crippen molar-refractivity contribution in [2.24, 2.45) is 0 Å². The molecule has 0 spiro atoms. The summed E-state index contributed by atoms with van der Waals surface area (Å²) in [5, 5.41) is 4.36. The Morgan fingerprint density at radius 3 is 2.55 bits per heavy atom. The zero-order valence-corrected chi connectivity index (χ0v) is 17.4. The van der Waals surface area contributed by atoms with E-state index in [-0.39, 0.29) is 35.1 Å². The highest BCUT2D eigenvalue weighted by molar-refractivity contribution is 6.31. The summed E-state index contributed by atoms with van der Waals surface area (Å²) in [5.41, 5.74) is -0.879. The number of halogens is 6. The molecule has 1 aliphatic heterocycles. The maximum atomic E-state index is 13.6. The van der Waals surface area contributed by atoms with Crippen molar-refractivity contribution < 1.29 is 27.2 Å². The minimum Gasteiger partial charge on any atom is -0.353 e. The van der Waals surface area contributed by atoms with Crippen LogP contribution in [0.3, 0.4) is 0 Å². The van der Waals surface area contributed by atoms with Crippen molar-refractivity contribution in [1.29, 1.82) is 0 Å². The number of nitrogens with one attached hydrogen (secondary N) is 2. The van der Waals surface area contributed by atoms with Gasteiger partial charge in [-0.2, -0.15) is 13.2 Å². The van der Waals surface area contributed by atoms with Gasteiger partial charge in [0.1, 0.15) is 11.9 Å². The average molecular weight is 479 g/mol. The van der Waals surface area contributed by atoms with Gasteiger partial charge in [0.25, 0.3) is 0 Å². The first-order valence-electron chi connectivity index (χ1n) is 9.01. The smallest absolute Gasteiger partial charge is 0.353 e. The molecule has 3 amide bonds. The molecule has 166 valence electrons. The number of amides is 3. The number of aromatic nitrogens is 1. The number of piperazine rings is 1. The number of hydrogen-bond acceptors (Lipinski definition) is 3. The largest absolute Gasteiger partial charge is 0.434 e. The van der Waals surface area contributed by atoms with Gasteiger partial charge in [0.2, 0.25) is 5.91 Å². The van der Waals surface area contributed by atoms with Crippen molar-refractivity contribution in [1.82, 2.24) is 20.5 Å². The molecule has 6 nitrogen and oxygen atoms in total. The van der Waals surface area contributed by atoms with Gasteiger partial charge in [-0.15, -0.1) is 0 Å². The molecule has 2 aromatic rings. The normalized spacial score (nSPS) is 17.8. The second-order valence-corrected chi connectivity index (χ2v) is 7.63. The van der Waals surface area contributed by atoms with Crippen LogP contribution >= 0.6 is 23.2 Å². The Bertz CT molecular complexity index is 1020. The average Bonchev–Trinajstić information content (AvgIpc) is 2.69. The molecule has 12 heteroatoms. The van der Waals surface area contributed by atoms with Crippen LogP contribution in [-0.4, -0.2) is 41.0 Å². The maximum absolute atomic E-state index is 13.6. The van der Waals surface area contributed by atoms with Crippen LogP contribution in [0.15, 0.2) is 30.5 Å². The monoisotopic (exact) mass is 478 g/mol. The molecule has 1 fully saturated rings. The molecule has 2 N–H and O–H groups in total. The first-order valence-corrected chi connectivity index (χ1v) is 9.77. The summed E-state index contributed by atoms with van der Waals surface area (Å²) in [6.45, 7) is 2.01. The van der Waals surface area contributed by atoms with Crippen molar-refractivity contribution in [3.05, 3.63) is 63.1 Å². The number of benzene rings is 1. The van der Waals surface area contributed by atoms with Crippen molar-refractivity contribution >= 4 is 35.1 Å². The van der Waals surface area contributed by atoms with Gasteiger partial charge in [0, 0.05) is 19.3 Å². The highest BCUT2D eigenvalue weighted by Crippen LogP contribution is 2.35. The molecule has 0 saturated carbocycles. The van der Waals surface area contributed by atoms with Crippen LogP contribution < -0.4 is 10.6 Å². The summed E-state index contributed by atoms with van der Waals surface area (Å²) >= 11 is 11.6. The van der Waals surface area contributed by atoms with Crippen molar-refractivity contribution in [2.75, 3.05) is 13.1 Å². The van der Waals surface area contributed by atoms with Crippen LogP contribution in [0, 0.1) is 5.82 Å². The van der Waals surface area contributed by atoms with Crippen LogP contribution in [0.4, 0.5) is 22.4 Å². The van der Waals surface area contributed by atoms with Crippen LogP contribution in [0.5, 0.6) is 0 Å². The summed E-state index contributed by atoms with van der Waals surface area (Å²) in [5.74, 6) is -1.05. The maximum Gasteiger partial charge on any atom is 0.434 e. The summed E-state index contributed by atoms with van der Waals surface area (Å²) in [7, 11) is 0. The molecule has 0 bridgehead atoms. The molecule has 0 unspecified atom stereocenters. The minimum absolute atomic E-state index is 0.114. The predicted molar refractivity (Wildman–Crippen MR) is 105 cm³/mol. The summed E-state index contributed by atoms with van der Waals surface area (Å²) in [6, 6.07) is 2.17. The van der Waals surface area contributed by atoms with E-state index in [0.29, 0.717) is 0 Å². The van der Waals surface area contributed by atoms with E-state index in [4.69, 9.17) is 23.2 Å². The third-order valence-corrected chi connectivity index (χ3v) is 5.35. The minimum atomic E-state index is -4.76. The van der Waals surface area contributed by atoms with E-state index in [1.54, 1.807) is 0 Å². The Kier molecular flexibility index (Phi) is 6.61. The molecular weight excluding hydrogens is 463 g/mol. The lowest BCUT2D eigenvalue weighted by Gasteiger charge is -2.34. The first kappa shape index (κ1) is 23.1. The Balaban J connectivity index is 1.99. The lowest BCUT2D eigenvalue weighted by atomic mass is 9.99. The summed E-state index contributed by atoms with van der Waals surface area (Å²) in [4.78, 5) is 29.4. The highest BCUT2D eigenvalue weighted by atomic mass is 35.5. The Morgan fingerprint density at radius 1 is 1.26 bits per heavy atom. The molecular formula is C19H16Cl2F4N4O2. The van der Waals surface area contributed by atoms with Gasteiger partial charge in [-0.1, -0.05) is 29.3 Å². The fourth-order valence-electron chi connectivity index (χ4n) is 3.14. The third kappa shape index (κ3) is 5.01. The second-order valence-electron chi connectivity index (χ2n) is 6.81. The molecule has 31 heavy (non-hydrogen) atoms. The van der Waals surface area contributed by atoms with Gasteiger partial charge < -0.3 is 15.5 Å². The molecule has 2 atom stereocenters. The second kappa shape index (κ2) is 8.88. The lowest BCUT2D eigenvalue weighted by molar-refractivity contribution is -0.141. The van der Waals surface area contributed by atoms with Gasteiger partial charge >= 0.3 is 12.2 Å². The number of nitrogens with zero attached hydrogens (tertiary/aromatic N) is 2. The number of rotatable bonds is 3. The number of urea groups is 1. The Morgan fingerprint density at radius 2 is 1.94 bits per heavy atom. The quantitative estimate of drug-likeness (QED) is 0.650. The SMILES string of the molecule is C[C@@H]1C(=O)NCCN1C(=O)N[C@@H](c1ccc(F)c(Cl)c1)c1cnc(C(F)(F)F)c(Cl)c1. The molecule has 0 aliphatic carbocycles. The predicted octanol–water partition coefficient (Wildman–Crippen LogP) is 4.17. The zero-order valence-electron chi connectivity index (χ0n) is 15.9. The third-order valence-electron chi connectivity index (χ3n) is 4.77. The van der Waals surface area contributed by atoms with Crippen molar-refractivity contribution in [3.63, 3.8) is 0 Å². The van der Waals surface area contributed by atoms with Gasteiger partial charge in [-0.05, 0) is 36.2 Å². The Hall–Kier alpha value is -2.59. The van der Waals surface area contributed by atoms with Crippen LogP contribution in [0.2, 0.25) is 10.0 Å². The highest BCUT2D eigenvalue weighted by Gasteiger charge is 2.36. The molecule has 1 aromatic heterocycles. The van der Waals surface area contributed by atoms with E-state index in [2.05, 4.69) is 15.6 Å². The van der Waals surface area contributed by atoms with Gasteiger partial charge in [-0.3, -0.25) is 4.79 Å². The summed E-state index contributed by atoms with van der Waals surface area (Å²) in [6.07, 6.45) is -3.84. The van der Waals surface area contributed by atoms with E-state index in [1.165, 1.54) is 24.0 Å². The number of alkyl halides is 3. The number of carbonyl (C=O) groups is 2. The van der Waals surface area contributed by atoms with Gasteiger partial charge in [0.05, 0.1) is 16.1 Å². The zero-order chi connectivity index (χ0) is 22.9. The fraction of sp³-hybridized carbons (Fsp3) is 0.316.